The third kappa shape index (κ3) is 6.93. The van der Waals surface area contributed by atoms with E-state index in [0.717, 1.165) is 11.1 Å². The van der Waals surface area contributed by atoms with E-state index in [0.29, 0.717) is 23.3 Å². The highest BCUT2D eigenvalue weighted by molar-refractivity contribution is 6.08. The maximum absolute atomic E-state index is 12.4. The minimum absolute atomic E-state index is 0.209. The molecule has 2 aromatic heterocycles. The van der Waals surface area contributed by atoms with E-state index in [-0.39, 0.29) is 11.5 Å². The second-order valence-corrected chi connectivity index (χ2v) is 6.63. The number of halogens is 3. The van der Waals surface area contributed by atoms with Gasteiger partial charge in [-0.05, 0) is 38.4 Å². The minimum Gasteiger partial charge on any atom is -0.475 e. The van der Waals surface area contributed by atoms with Crippen molar-refractivity contribution in [3.63, 3.8) is 0 Å². The quantitative estimate of drug-likeness (QED) is 0.579. The van der Waals surface area contributed by atoms with Crippen molar-refractivity contribution in [3.8, 4) is 0 Å². The fraction of sp³-hybridized carbons (Fsp3) is 0.200. The maximum Gasteiger partial charge on any atom is 0.490 e. The number of aromatic nitrogens is 2. The number of alkyl halides is 3. The van der Waals surface area contributed by atoms with Gasteiger partial charge in [-0.25, -0.2) is 4.79 Å². The first-order valence-electron chi connectivity index (χ1n) is 8.80. The number of carbonyl (C=O) groups is 2. The van der Waals surface area contributed by atoms with Crippen molar-refractivity contribution in [2.45, 2.75) is 12.7 Å². The van der Waals surface area contributed by atoms with Crippen LogP contribution < -0.4 is 10.9 Å². The molecule has 0 saturated carbocycles. The molecule has 0 unspecified atom stereocenters. The molecule has 164 valence electrons. The molecule has 0 atom stereocenters. The molecule has 0 saturated heterocycles. The summed E-state index contributed by atoms with van der Waals surface area (Å²) in [6.07, 6.45) is -3.53. The Kier molecular flexibility index (Phi) is 7.48. The molecule has 2 heterocycles. The summed E-state index contributed by atoms with van der Waals surface area (Å²) in [5.74, 6) is -3.02. The number of H-pyrrole nitrogens is 1. The largest absolute Gasteiger partial charge is 0.490 e. The molecular weight excluding hydrogens is 417 g/mol. The van der Waals surface area contributed by atoms with Gasteiger partial charge in [0.25, 0.3) is 5.91 Å². The lowest BCUT2D eigenvalue weighted by atomic mass is 10.1. The Bertz CT molecular complexity index is 1130. The lowest BCUT2D eigenvalue weighted by molar-refractivity contribution is -0.192. The molecule has 11 heteroatoms. The topological polar surface area (TPSA) is 115 Å². The molecule has 31 heavy (non-hydrogen) atoms. The number of carboxylic acids is 1. The van der Waals surface area contributed by atoms with Gasteiger partial charge in [0.05, 0.1) is 22.5 Å². The number of aliphatic carboxylic acids is 1. The number of nitrogens with one attached hydrogen (secondary N) is 2. The fourth-order valence-electron chi connectivity index (χ4n) is 2.45. The summed E-state index contributed by atoms with van der Waals surface area (Å²) < 4.78 is 31.7. The van der Waals surface area contributed by atoms with Crippen LogP contribution in [0.15, 0.2) is 53.5 Å². The van der Waals surface area contributed by atoms with Crippen LogP contribution in [-0.4, -0.2) is 52.1 Å². The van der Waals surface area contributed by atoms with Crippen molar-refractivity contribution in [1.82, 2.24) is 14.9 Å². The smallest absolute Gasteiger partial charge is 0.475 e. The lowest BCUT2D eigenvalue weighted by Gasteiger charge is -2.10. The third-order valence-corrected chi connectivity index (χ3v) is 3.82. The standard InChI is InChI=1S/C18H18N4O2.C2HF3O2/c1-22(2)11-14-8-6-13(10-19-14)18(24)20-15-5-3-4-12-7-9-16(23)21-17(12)15;3-2(4,5)1(6)7/h3-10H,11H2,1-2H3,(H,20,24)(H,21,23);(H,6,7). The van der Waals surface area contributed by atoms with E-state index < -0.39 is 12.1 Å². The van der Waals surface area contributed by atoms with Crippen LogP contribution in [0.5, 0.6) is 0 Å². The van der Waals surface area contributed by atoms with E-state index in [1.54, 1.807) is 24.4 Å². The molecule has 1 aromatic carbocycles. The van der Waals surface area contributed by atoms with Crippen LogP contribution in [0.4, 0.5) is 18.9 Å². The van der Waals surface area contributed by atoms with Gasteiger partial charge in [0.1, 0.15) is 0 Å². The molecule has 0 aliphatic rings. The Morgan fingerprint density at radius 3 is 2.35 bits per heavy atom. The molecular formula is C20H19F3N4O4. The average molecular weight is 436 g/mol. The van der Waals surface area contributed by atoms with E-state index in [1.807, 2.05) is 37.2 Å². The number of carboxylic acid groups (broad SMARTS) is 1. The number of anilines is 1. The summed E-state index contributed by atoms with van der Waals surface area (Å²) in [5.41, 5.74) is 2.32. The highest BCUT2D eigenvalue weighted by atomic mass is 19.4. The number of fused-ring (bicyclic) bond motifs is 1. The average Bonchev–Trinajstić information content (AvgIpc) is 2.68. The number of nitrogens with zero attached hydrogens (tertiary/aromatic N) is 2. The number of para-hydroxylation sites is 1. The van der Waals surface area contributed by atoms with Crippen LogP contribution in [0.3, 0.4) is 0 Å². The minimum atomic E-state index is -5.08. The zero-order valence-corrected chi connectivity index (χ0v) is 16.5. The normalized spacial score (nSPS) is 11.0. The van der Waals surface area contributed by atoms with Crippen LogP contribution in [0.2, 0.25) is 0 Å². The predicted molar refractivity (Wildman–Crippen MR) is 108 cm³/mol. The second kappa shape index (κ2) is 9.85. The Labute approximate surface area is 174 Å². The first-order chi connectivity index (χ1) is 14.5. The van der Waals surface area contributed by atoms with E-state index in [1.165, 1.54) is 6.07 Å². The SMILES string of the molecule is CN(C)Cc1ccc(C(=O)Nc2cccc3ccc(=O)[nH]c23)cn1.O=C(O)C(F)(F)F. The van der Waals surface area contributed by atoms with Crippen LogP contribution >= 0.6 is 0 Å². The summed E-state index contributed by atoms with van der Waals surface area (Å²) in [7, 11) is 3.92. The first kappa shape index (κ1) is 23.5. The summed E-state index contributed by atoms with van der Waals surface area (Å²) in [4.78, 5) is 41.9. The van der Waals surface area contributed by atoms with Crippen LogP contribution in [0, 0.1) is 0 Å². The van der Waals surface area contributed by atoms with E-state index >= 15 is 0 Å². The first-order valence-corrected chi connectivity index (χ1v) is 8.80. The Hall–Kier alpha value is -3.73. The van der Waals surface area contributed by atoms with Crippen molar-refractivity contribution >= 4 is 28.5 Å². The van der Waals surface area contributed by atoms with Crippen LogP contribution in [-0.2, 0) is 11.3 Å². The third-order valence-electron chi connectivity index (χ3n) is 3.82. The molecule has 0 fully saturated rings. The van der Waals surface area contributed by atoms with Crippen molar-refractivity contribution in [2.24, 2.45) is 0 Å². The number of carbonyl (C=O) groups excluding carboxylic acids is 1. The monoisotopic (exact) mass is 436 g/mol. The summed E-state index contributed by atoms with van der Waals surface area (Å²) in [5, 5.41) is 10.8. The predicted octanol–water partition coefficient (Wildman–Crippen LogP) is 2.87. The maximum atomic E-state index is 12.4. The number of amides is 1. The van der Waals surface area contributed by atoms with Crippen molar-refractivity contribution in [1.29, 1.82) is 0 Å². The Balaban J connectivity index is 0.000000423. The molecule has 0 spiro atoms. The van der Waals surface area contributed by atoms with Crippen molar-refractivity contribution < 1.29 is 27.9 Å². The van der Waals surface area contributed by atoms with Gasteiger partial charge < -0.3 is 20.3 Å². The van der Waals surface area contributed by atoms with Gasteiger partial charge in [-0.1, -0.05) is 12.1 Å². The number of hydrogen-bond donors (Lipinski definition) is 3. The Morgan fingerprint density at radius 1 is 1.13 bits per heavy atom. The highest BCUT2D eigenvalue weighted by Gasteiger charge is 2.38. The van der Waals surface area contributed by atoms with E-state index in [4.69, 9.17) is 9.90 Å². The number of rotatable bonds is 4. The fourth-order valence-corrected chi connectivity index (χ4v) is 2.45. The van der Waals surface area contributed by atoms with E-state index in [2.05, 4.69) is 15.3 Å². The molecule has 0 bridgehead atoms. The van der Waals surface area contributed by atoms with Gasteiger partial charge >= 0.3 is 12.1 Å². The lowest BCUT2D eigenvalue weighted by Crippen LogP contribution is -2.21. The van der Waals surface area contributed by atoms with E-state index in [9.17, 15) is 22.8 Å². The van der Waals surface area contributed by atoms with Crippen LogP contribution in [0.25, 0.3) is 10.9 Å². The van der Waals surface area contributed by atoms with Gasteiger partial charge in [0, 0.05) is 24.2 Å². The van der Waals surface area contributed by atoms with Crippen molar-refractivity contribution in [3.05, 3.63) is 70.3 Å². The molecule has 3 N–H and O–H groups in total. The summed E-state index contributed by atoms with van der Waals surface area (Å²) in [6, 6.07) is 12.2. The van der Waals surface area contributed by atoms with Gasteiger partial charge in [-0.15, -0.1) is 0 Å². The van der Waals surface area contributed by atoms with Gasteiger partial charge in [-0.2, -0.15) is 13.2 Å². The highest BCUT2D eigenvalue weighted by Crippen LogP contribution is 2.20. The van der Waals surface area contributed by atoms with Gasteiger partial charge in [0.15, 0.2) is 0 Å². The molecule has 3 rings (SSSR count). The van der Waals surface area contributed by atoms with Gasteiger partial charge in [-0.3, -0.25) is 14.6 Å². The van der Waals surface area contributed by atoms with Crippen molar-refractivity contribution in [2.75, 3.05) is 19.4 Å². The summed E-state index contributed by atoms with van der Waals surface area (Å²) >= 11 is 0. The number of benzene rings is 1. The van der Waals surface area contributed by atoms with Crippen LogP contribution in [0.1, 0.15) is 16.1 Å². The number of aromatic amines is 1. The zero-order valence-electron chi connectivity index (χ0n) is 16.5. The molecule has 1 amide bonds. The second-order valence-electron chi connectivity index (χ2n) is 6.63. The zero-order chi connectivity index (χ0) is 23.2. The molecule has 0 aliphatic heterocycles. The Morgan fingerprint density at radius 2 is 1.81 bits per heavy atom. The number of hydrogen-bond acceptors (Lipinski definition) is 5. The number of pyridine rings is 2. The molecule has 0 radical (unpaired) electrons. The molecule has 8 nitrogen and oxygen atoms in total. The van der Waals surface area contributed by atoms with Gasteiger partial charge in [0.2, 0.25) is 5.56 Å². The molecule has 3 aromatic rings. The molecule has 0 aliphatic carbocycles. The summed E-state index contributed by atoms with van der Waals surface area (Å²) in [6.45, 7) is 0.715.